The minimum atomic E-state index is -3.59. The first-order valence-corrected chi connectivity index (χ1v) is 7.27. The molecule has 0 fully saturated rings. The third kappa shape index (κ3) is 4.75. The second kappa shape index (κ2) is 5.86. The van der Waals surface area contributed by atoms with Crippen LogP contribution in [0.2, 0.25) is 0 Å². The maximum Gasteiger partial charge on any atom is 0.304 e. The van der Waals surface area contributed by atoms with Crippen molar-refractivity contribution < 1.29 is 18.3 Å². The van der Waals surface area contributed by atoms with E-state index in [1.54, 1.807) is 12.1 Å². The van der Waals surface area contributed by atoms with Crippen LogP contribution >= 0.6 is 0 Å². The van der Waals surface area contributed by atoms with Gasteiger partial charge >= 0.3 is 5.97 Å². The van der Waals surface area contributed by atoms with Crippen LogP contribution < -0.4 is 4.72 Å². The Labute approximate surface area is 107 Å². The number of carboxylic acid groups (broad SMARTS) is 1. The van der Waals surface area contributed by atoms with Gasteiger partial charge in [0, 0.05) is 5.69 Å². The largest absolute Gasteiger partial charge is 0.481 e. The Balaban J connectivity index is 2.69. The van der Waals surface area contributed by atoms with E-state index in [1.807, 2.05) is 26.0 Å². The molecule has 0 aliphatic heterocycles. The average Bonchev–Trinajstić information content (AvgIpc) is 2.27. The Morgan fingerprint density at radius 2 is 1.83 bits per heavy atom. The molecule has 5 nitrogen and oxygen atoms in total. The van der Waals surface area contributed by atoms with Crippen LogP contribution in [-0.4, -0.2) is 25.2 Å². The molecular weight excluding hydrogens is 254 g/mol. The molecule has 6 heteroatoms. The van der Waals surface area contributed by atoms with E-state index in [4.69, 9.17) is 5.11 Å². The summed E-state index contributed by atoms with van der Waals surface area (Å²) < 4.78 is 25.4. The summed E-state index contributed by atoms with van der Waals surface area (Å²) in [5.41, 5.74) is 1.56. The highest BCUT2D eigenvalue weighted by Gasteiger charge is 2.12. The number of anilines is 1. The van der Waals surface area contributed by atoms with Crippen molar-refractivity contribution in [3.8, 4) is 0 Å². The molecule has 0 bridgehead atoms. The highest BCUT2D eigenvalue weighted by molar-refractivity contribution is 7.92. The summed E-state index contributed by atoms with van der Waals surface area (Å²) in [4.78, 5) is 10.3. The lowest BCUT2D eigenvalue weighted by Crippen LogP contribution is -2.18. The van der Waals surface area contributed by atoms with Crippen LogP contribution in [0, 0.1) is 0 Å². The minimum absolute atomic E-state index is 0.377. The zero-order valence-electron chi connectivity index (χ0n) is 10.4. The highest BCUT2D eigenvalue weighted by Crippen LogP contribution is 2.17. The first kappa shape index (κ1) is 14.5. The third-order valence-corrected chi connectivity index (χ3v) is 3.72. The van der Waals surface area contributed by atoms with Crippen molar-refractivity contribution in [2.45, 2.75) is 26.2 Å². The zero-order valence-corrected chi connectivity index (χ0v) is 11.2. The molecule has 1 rings (SSSR count). The summed E-state index contributed by atoms with van der Waals surface area (Å²) in [6, 6.07) is 7.04. The van der Waals surface area contributed by atoms with Gasteiger partial charge in [-0.1, -0.05) is 26.0 Å². The normalized spacial score (nSPS) is 11.5. The van der Waals surface area contributed by atoms with Crippen molar-refractivity contribution >= 4 is 21.7 Å². The lowest BCUT2D eigenvalue weighted by Gasteiger charge is -2.09. The van der Waals surface area contributed by atoms with Crippen molar-refractivity contribution in [1.29, 1.82) is 0 Å². The summed E-state index contributed by atoms with van der Waals surface area (Å²) in [7, 11) is -3.59. The van der Waals surface area contributed by atoms with Crippen LogP contribution in [0.5, 0.6) is 0 Å². The first-order valence-electron chi connectivity index (χ1n) is 5.62. The Kier molecular flexibility index (Phi) is 4.72. The molecule has 0 aliphatic rings. The molecule has 0 amide bonds. The minimum Gasteiger partial charge on any atom is -0.481 e. The van der Waals surface area contributed by atoms with E-state index in [2.05, 4.69) is 4.72 Å². The third-order valence-electron chi connectivity index (χ3n) is 2.44. The molecule has 0 saturated heterocycles. The first-order chi connectivity index (χ1) is 8.30. The van der Waals surface area contributed by atoms with Gasteiger partial charge in [0.25, 0.3) is 0 Å². The molecule has 0 saturated carbocycles. The van der Waals surface area contributed by atoms with Crippen molar-refractivity contribution in [3.05, 3.63) is 29.8 Å². The summed E-state index contributed by atoms with van der Waals surface area (Å²) in [5.74, 6) is -1.17. The van der Waals surface area contributed by atoms with Gasteiger partial charge in [-0.05, 0) is 23.6 Å². The number of benzene rings is 1. The Bertz CT molecular complexity index is 505. The fourth-order valence-electron chi connectivity index (χ4n) is 1.39. The number of sulfonamides is 1. The summed E-state index contributed by atoms with van der Waals surface area (Å²) >= 11 is 0. The van der Waals surface area contributed by atoms with Gasteiger partial charge in [0.2, 0.25) is 10.0 Å². The molecule has 1 aromatic rings. The van der Waals surface area contributed by atoms with Gasteiger partial charge in [0.05, 0.1) is 12.2 Å². The average molecular weight is 271 g/mol. The number of hydrogen-bond acceptors (Lipinski definition) is 3. The van der Waals surface area contributed by atoms with E-state index >= 15 is 0 Å². The molecule has 0 atom stereocenters. The summed E-state index contributed by atoms with van der Waals surface area (Å²) in [6.45, 7) is 4.10. The van der Waals surface area contributed by atoms with Gasteiger partial charge in [0.1, 0.15) is 0 Å². The lowest BCUT2D eigenvalue weighted by molar-refractivity contribution is -0.136. The van der Waals surface area contributed by atoms with Gasteiger partial charge < -0.3 is 5.11 Å². The Morgan fingerprint density at radius 3 is 2.28 bits per heavy atom. The maximum atomic E-state index is 11.5. The molecule has 1 aromatic carbocycles. The van der Waals surface area contributed by atoms with E-state index in [1.165, 1.54) is 0 Å². The van der Waals surface area contributed by atoms with Gasteiger partial charge in [-0.15, -0.1) is 0 Å². The highest BCUT2D eigenvalue weighted by atomic mass is 32.2. The van der Waals surface area contributed by atoms with E-state index in [9.17, 15) is 13.2 Å². The second-order valence-electron chi connectivity index (χ2n) is 4.34. The Morgan fingerprint density at radius 1 is 1.28 bits per heavy atom. The van der Waals surface area contributed by atoms with E-state index < -0.39 is 28.2 Å². The topological polar surface area (TPSA) is 83.5 Å². The van der Waals surface area contributed by atoms with Crippen LogP contribution in [0.25, 0.3) is 0 Å². The van der Waals surface area contributed by atoms with Crippen LogP contribution in [0.4, 0.5) is 5.69 Å². The standard InChI is InChI=1S/C12H17NO4S/c1-9(2)10-3-5-11(6-4-10)13-18(16,17)8-7-12(14)15/h3-6,9,13H,7-8H2,1-2H3,(H,14,15). The van der Waals surface area contributed by atoms with Crippen LogP contribution in [-0.2, 0) is 14.8 Å². The smallest absolute Gasteiger partial charge is 0.304 e. The van der Waals surface area contributed by atoms with Gasteiger partial charge in [-0.2, -0.15) is 0 Å². The molecule has 0 heterocycles. The predicted molar refractivity (Wildman–Crippen MR) is 70.2 cm³/mol. The zero-order chi connectivity index (χ0) is 13.8. The number of carbonyl (C=O) groups is 1. The molecule has 0 spiro atoms. The SMILES string of the molecule is CC(C)c1ccc(NS(=O)(=O)CCC(=O)O)cc1. The fourth-order valence-corrected chi connectivity index (χ4v) is 2.43. The summed E-state index contributed by atoms with van der Waals surface area (Å²) in [6.07, 6.45) is -0.403. The number of aliphatic carboxylic acids is 1. The van der Waals surface area contributed by atoms with E-state index in [0.29, 0.717) is 11.6 Å². The second-order valence-corrected chi connectivity index (χ2v) is 6.18. The predicted octanol–water partition coefficient (Wildman–Crippen LogP) is 2.03. The molecule has 0 radical (unpaired) electrons. The van der Waals surface area contributed by atoms with Crippen molar-refractivity contribution in [2.24, 2.45) is 0 Å². The van der Waals surface area contributed by atoms with Crippen LogP contribution in [0.1, 0.15) is 31.7 Å². The monoisotopic (exact) mass is 271 g/mol. The maximum absolute atomic E-state index is 11.5. The molecule has 18 heavy (non-hydrogen) atoms. The fraction of sp³-hybridized carbons (Fsp3) is 0.417. The molecule has 0 aliphatic carbocycles. The number of rotatable bonds is 6. The van der Waals surface area contributed by atoms with Crippen molar-refractivity contribution in [2.75, 3.05) is 10.5 Å². The molecular formula is C12H17NO4S. The number of hydrogen-bond donors (Lipinski definition) is 2. The molecule has 2 N–H and O–H groups in total. The molecule has 0 unspecified atom stereocenters. The molecule has 0 aromatic heterocycles. The number of nitrogens with one attached hydrogen (secondary N) is 1. The van der Waals surface area contributed by atoms with Crippen LogP contribution in [0.3, 0.4) is 0 Å². The lowest BCUT2D eigenvalue weighted by atomic mass is 10.0. The Hall–Kier alpha value is -1.56. The van der Waals surface area contributed by atoms with E-state index in [-0.39, 0.29) is 0 Å². The van der Waals surface area contributed by atoms with Crippen molar-refractivity contribution in [3.63, 3.8) is 0 Å². The number of carboxylic acids is 1. The van der Waals surface area contributed by atoms with Gasteiger partial charge in [0.15, 0.2) is 0 Å². The quantitative estimate of drug-likeness (QED) is 0.829. The van der Waals surface area contributed by atoms with E-state index in [0.717, 1.165) is 5.56 Å². The van der Waals surface area contributed by atoms with Gasteiger partial charge in [-0.25, -0.2) is 8.42 Å². The van der Waals surface area contributed by atoms with Gasteiger partial charge in [-0.3, -0.25) is 9.52 Å². The summed E-state index contributed by atoms with van der Waals surface area (Å²) in [5, 5.41) is 8.45. The van der Waals surface area contributed by atoms with Crippen LogP contribution in [0.15, 0.2) is 24.3 Å². The van der Waals surface area contributed by atoms with Crippen molar-refractivity contribution in [1.82, 2.24) is 0 Å². The molecule has 100 valence electrons.